The summed E-state index contributed by atoms with van der Waals surface area (Å²) in [6.45, 7) is 4.18. The SMILES string of the molecule is Cc1c(-c2nccn2C)cc(C#N)cc1-[n+]1c(C)ccc2ccccc21. The molecule has 2 aromatic heterocycles. The van der Waals surface area contributed by atoms with E-state index in [0.717, 1.165) is 33.8 Å². The van der Waals surface area contributed by atoms with Crippen LogP contribution in [-0.4, -0.2) is 9.55 Å². The molecule has 0 radical (unpaired) electrons. The topological polar surface area (TPSA) is 45.5 Å². The van der Waals surface area contributed by atoms with Crippen LogP contribution >= 0.6 is 0 Å². The molecule has 4 heteroatoms. The van der Waals surface area contributed by atoms with Crippen molar-refractivity contribution < 1.29 is 4.57 Å². The molecule has 0 N–H and O–H groups in total. The lowest BCUT2D eigenvalue weighted by molar-refractivity contribution is -0.574. The fraction of sp³-hybridized carbons (Fsp3) is 0.136. The first-order valence-corrected chi connectivity index (χ1v) is 8.53. The van der Waals surface area contributed by atoms with Gasteiger partial charge in [-0.05, 0) is 25.1 Å². The van der Waals surface area contributed by atoms with E-state index in [1.54, 1.807) is 6.20 Å². The smallest absolute Gasteiger partial charge is 0.218 e. The van der Waals surface area contributed by atoms with Gasteiger partial charge in [0.15, 0.2) is 5.69 Å². The first-order chi connectivity index (χ1) is 12.6. The van der Waals surface area contributed by atoms with Crippen molar-refractivity contribution in [2.24, 2.45) is 7.05 Å². The Morgan fingerprint density at radius 2 is 1.88 bits per heavy atom. The Balaban J connectivity index is 2.10. The fourth-order valence-corrected chi connectivity index (χ4v) is 3.48. The van der Waals surface area contributed by atoms with Crippen LogP contribution in [0.2, 0.25) is 0 Å². The van der Waals surface area contributed by atoms with Crippen molar-refractivity contribution in [3.05, 3.63) is 77.7 Å². The molecular weight excluding hydrogens is 320 g/mol. The van der Waals surface area contributed by atoms with Gasteiger partial charge >= 0.3 is 0 Å². The number of hydrogen-bond acceptors (Lipinski definition) is 2. The van der Waals surface area contributed by atoms with E-state index in [9.17, 15) is 5.26 Å². The molecular formula is C22H19N4+. The molecule has 0 spiro atoms. The number of rotatable bonds is 2. The van der Waals surface area contributed by atoms with Gasteiger partial charge in [0.05, 0.1) is 11.6 Å². The van der Waals surface area contributed by atoms with E-state index in [-0.39, 0.29) is 0 Å². The third-order valence-corrected chi connectivity index (χ3v) is 4.85. The highest BCUT2D eigenvalue weighted by molar-refractivity contribution is 5.76. The number of pyridine rings is 1. The molecule has 126 valence electrons. The van der Waals surface area contributed by atoms with Gasteiger partial charge in [0.2, 0.25) is 11.2 Å². The molecule has 4 rings (SSSR count). The van der Waals surface area contributed by atoms with Gasteiger partial charge in [-0.15, -0.1) is 0 Å². The van der Waals surface area contributed by atoms with Crippen LogP contribution < -0.4 is 4.57 Å². The second-order valence-corrected chi connectivity index (χ2v) is 6.51. The lowest BCUT2D eigenvalue weighted by Gasteiger charge is -2.11. The van der Waals surface area contributed by atoms with E-state index in [1.165, 1.54) is 5.39 Å². The average Bonchev–Trinajstić information content (AvgIpc) is 3.08. The second-order valence-electron chi connectivity index (χ2n) is 6.51. The summed E-state index contributed by atoms with van der Waals surface area (Å²) in [4.78, 5) is 4.49. The molecule has 0 bridgehead atoms. The van der Waals surface area contributed by atoms with E-state index in [1.807, 2.05) is 42.1 Å². The summed E-state index contributed by atoms with van der Waals surface area (Å²) in [5.41, 5.74) is 5.96. The van der Waals surface area contributed by atoms with E-state index in [0.29, 0.717) is 5.56 Å². The molecule has 4 aromatic rings. The minimum absolute atomic E-state index is 0.628. The molecule has 0 saturated carbocycles. The van der Waals surface area contributed by atoms with Crippen LogP contribution in [0.3, 0.4) is 0 Å². The Labute approximate surface area is 152 Å². The zero-order chi connectivity index (χ0) is 18.3. The van der Waals surface area contributed by atoms with Gasteiger partial charge in [0, 0.05) is 61.1 Å². The predicted molar refractivity (Wildman–Crippen MR) is 102 cm³/mol. The molecule has 0 aliphatic carbocycles. The summed E-state index contributed by atoms with van der Waals surface area (Å²) in [6, 6.07) is 18.7. The number of hydrogen-bond donors (Lipinski definition) is 0. The van der Waals surface area contributed by atoms with Gasteiger partial charge in [-0.2, -0.15) is 9.83 Å². The summed E-state index contributed by atoms with van der Waals surface area (Å²) in [5.74, 6) is 0.860. The van der Waals surface area contributed by atoms with Crippen LogP contribution in [0.1, 0.15) is 16.8 Å². The van der Waals surface area contributed by atoms with Gasteiger partial charge in [-0.3, -0.25) is 0 Å². The van der Waals surface area contributed by atoms with Gasteiger partial charge < -0.3 is 4.57 Å². The number of aryl methyl sites for hydroxylation is 2. The van der Waals surface area contributed by atoms with Crippen LogP contribution in [0.5, 0.6) is 0 Å². The number of nitrogens with zero attached hydrogens (tertiary/aromatic N) is 4. The Morgan fingerprint density at radius 3 is 2.62 bits per heavy atom. The number of imidazole rings is 1. The Morgan fingerprint density at radius 1 is 1.08 bits per heavy atom. The van der Waals surface area contributed by atoms with Gasteiger partial charge in [-0.1, -0.05) is 12.1 Å². The van der Waals surface area contributed by atoms with Crippen molar-refractivity contribution in [1.82, 2.24) is 9.55 Å². The number of para-hydroxylation sites is 1. The summed E-state index contributed by atoms with van der Waals surface area (Å²) in [6.07, 6.45) is 3.70. The third kappa shape index (κ3) is 2.46. The standard InChI is InChI=1S/C22H19N4/c1-15-8-9-18-6-4-5-7-20(18)26(15)21-13-17(14-23)12-19(16(21)2)22-24-10-11-25(22)3/h4-13H,1-3H3/q+1. The first-order valence-electron chi connectivity index (χ1n) is 8.53. The number of nitriles is 1. The summed E-state index contributed by atoms with van der Waals surface area (Å²) < 4.78 is 4.20. The summed E-state index contributed by atoms with van der Waals surface area (Å²) in [5, 5.41) is 10.8. The monoisotopic (exact) mass is 339 g/mol. The maximum atomic E-state index is 9.59. The van der Waals surface area contributed by atoms with E-state index in [4.69, 9.17) is 0 Å². The molecule has 2 heterocycles. The highest BCUT2D eigenvalue weighted by Gasteiger charge is 2.22. The molecule has 0 aliphatic heterocycles. The summed E-state index contributed by atoms with van der Waals surface area (Å²) in [7, 11) is 1.97. The normalized spacial score (nSPS) is 10.8. The molecule has 0 saturated heterocycles. The Hall–Kier alpha value is -3.45. The van der Waals surface area contributed by atoms with Crippen LogP contribution in [0.4, 0.5) is 0 Å². The lowest BCUT2D eigenvalue weighted by Crippen LogP contribution is -2.36. The van der Waals surface area contributed by atoms with Crippen molar-refractivity contribution >= 4 is 10.9 Å². The molecule has 4 nitrogen and oxygen atoms in total. The molecule has 0 unspecified atom stereocenters. The predicted octanol–water partition coefficient (Wildman–Crippen LogP) is 4.01. The second kappa shape index (κ2) is 6.12. The zero-order valence-corrected chi connectivity index (χ0v) is 15.1. The van der Waals surface area contributed by atoms with Gasteiger partial charge in [0.1, 0.15) is 5.82 Å². The molecule has 0 aliphatic rings. The minimum atomic E-state index is 0.628. The van der Waals surface area contributed by atoms with Crippen molar-refractivity contribution in [3.63, 3.8) is 0 Å². The average molecular weight is 339 g/mol. The van der Waals surface area contributed by atoms with Crippen molar-refractivity contribution in [2.45, 2.75) is 13.8 Å². The van der Waals surface area contributed by atoms with Crippen LogP contribution in [0.15, 0.2) is 60.9 Å². The van der Waals surface area contributed by atoms with E-state index >= 15 is 0 Å². The quantitative estimate of drug-likeness (QED) is 0.518. The highest BCUT2D eigenvalue weighted by atomic mass is 15.0. The Bertz CT molecular complexity index is 1180. The van der Waals surface area contributed by atoms with Gasteiger partial charge in [0.25, 0.3) is 0 Å². The molecule has 26 heavy (non-hydrogen) atoms. The largest absolute Gasteiger partial charge is 0.334 e. The molecule has 2 aromatic carbocycles. The highest BCUT2D eigenvalue weighted by Crippen LogP contribution is 2.27. The van der Waals surface area contributed by atoms with E-state index in [2.05, 4.69) is 53.7 Å². The third-order valence-electron chi connectivity index (χ3n) is 4.85. The lowest BCUT2D eigenvalue weighted by atomic mass is 10.0. The summed E-state index contributed by atoms with van der Waals surface area (Å²) >= 11 is 0. The first kappa shape index (κ1) is 16.0. The van der Waals surface area contributed by atoms with Gasteiger partial charge in [-0.25, -0.2) is 4.98 Å². The fourth-order valence-electron chi connectivity index (χ4n) is 3.48. The van der Waals surface area contributed by atoms with Crippen LogP contribution in [0, 0.1) is 25.2 Å². The number of aromatic nitrogens is 3. The Kier molecular flexibility index (Phi) is 3.78. The maximum absolute atomic E-state index is 9.59. The zero-order valence-electron chi connectivity index (χ0n) is 15.1. The minimum Gasteiger partial charge on any atom is -0.334 e. The van der Waals surface area contributed by atoms with E-state index < -0.39 is 0 Å². The molecule has 0 amide bonds. The van der Waals surface area contributed by atoms with Crippen LogP contribution in [-0.2, 0) is 7.05 Å². The van der Waals surface area contributed by atoms with Crippen molar-refractivity contribution in [3.8, 4) is 23.1 Å². The molecule has 0 atom stereocenters. The maximum Gasteiger partial charge on any atom is 0.218 e. The van der Waals surface area contributed by atoms with Crippen molar-refractivity contribution in [1.29, 1.82) is 5.26 Å². The number of benzene rings is 2. The number of fused-ring (bicyclic) bond motifs is 1. The van der Waals surface area contributed by atoms with Crippen molar-refractivity contribution in [2.75, 3.05) is 0 Å². The van der Waals surface area contributed by atoms with Crippen LogP contribution in [0.25, 0.3) is 28.0 Å². The molecule has 0 fully saturated rings.